The van der Waals surface area contributed by atoms with Crippen molar-refractivity contribution < 1.29 is 39.6 Å². The fourth-order valence-corrected chi connectivity index (χ4v) is 2.85. The molecule has 0 radical (unpaired) electrons. The Morgan fingerprint density at radius 2 is 1.92 bits per heavy atom. The molecule has 3 heterocycles. The van der Waals surface area contributed by atoms with Crippen LogP contribution in [0.25, 0.3) is 22.4 Å². The zero-order valence-electron chi connectivity index (χ0n) is 12.7. The van der Waals surface area contributed by atoms with E-state index in [2.05, 4.69) is 25.3 Å². The Balaban J connectivity index is 0.00000104. The number of aromatic nitrogens is 3. The maximum absolute atomic E-state index is 6.00. The molecular weight excluding hydrogens is 373 g/mol. The molecule has 0 unspecified atom stereocenters. The minimum atomic E-state index is 0. The lowest BCUT2D eigenvalue weighted by Crippen LogP contribution is -3.00. The van der Waals surface area contributed by atoms with Gasteiger partial charge in [0, 0.05) is 10.4 Å². The van der Waals surface area contributed by atoms with E-state index in [9.17, 15) is 0 Å². The van der Waals surface area contributed by atoms with Crippen LogP contribution in [-0.4, -0.2) is 36.3 Å². The zero-order chi connectivity index (χ0) is 14.9. The summed E-state index contributed by atoms with van der Waals surface area (Å²) < 4.78 is 5.44. The van der Waals surface area contributed by atoms with Gasteiger partial charge in [0.2, 0.25) is 0 Å². The van der Waals surface area contributed by atoms with Crippen LogP contribution in [0.1, 0.15) is 0 Å². The van der Waals surface area contributed by atoms with Crippen molar-refractivity contribution in [2.75, 3.05) is 31.1 Å². The lowest BCUT2D eigenvalue weighted by Gasteiger charge is -2.17. The molecule has 0 aliphatic carbocycles. The number of benzene rings is 1. The van der Waals surface area contributed by atoms with E-state index in [4.69, 9.17) is 16.1 Å². The van der Waals surface area contributed by atoms with E-state index >= 15 is 0 Å². The number of fused-ring (bicyclic) bond motifs is 1. The Hall–Kier alpha value is -1.60. The van der Waals surface area contributed by atoms with Crippen molar-refractivity contribution in [3.8, 4) is 11.5 Å². The monoisotopic (exact) mass is 387 g/mol. The van der Waals surface area contributed by atoms with E-state index in [1.165, 1.54) is 0 Å². The molecule has 24 heavy (non-hydrogen) atoms. The first kappa shape index (κ1) is 18.7. The number of nitrogens with two attached hydrogens (primary N) is 1. The quantitative estimate of drug-likeness (QED) is 0.476. The third-order valence-corrected chi connectivity index (χ3v) is 4.07. The van der Waals surface area contributed by atoms with Gasteiger partial charge in [-0.3, -0.25) is 0 Å². The third kappa shape index (κ3) is 3.72. The van der Waals surface area contributed by atoms with E-state index in [-0.39, 0.29) is 24.8 Å². The summed E-state index contributed by atoms with van der Waals surface area (Å²) in [5.74, 6) is 0.640. The Labute approximate surface area is 156 Å². The number of pyridine rings is 1. The first-order chi connectivity index (χ1) is 10.8. The van der Waals surface area contributed by atoms with Crippen LogP contribution < -0.4 is 40.0 Å². The van der Waals surface area contributed by atoms with Crippen LogP contribution in [0.4, 0.5) is 6.01 Å². The smallest absolute Gasteiger partial charge is 0.435 e. The minimum Gasteiger partial charge on any atom is -1.00 e. The second-order valence-corrected chi connectivity index (χ2v) is 5.78. The van der Waals surface area contributed by atoms with Gasteiger partial charge in [-0.15, -0.1) is 0 Å². The van der Waals surface area contributed by atoms with Crippen LogP contribution >= 0.6 is 11.6 Å². The van der Waals surface area contributed by atoms with Crippen molar-refractivity contribution >= 4 is 28.5 Å². The summed E-state index contributed by atoms with van der Waals surface area (Å²) in [7, 11) is 0. The lowest BCUT2D eigenvalue weighted by atomic mass is 10.2. The van der Waals surface area contributed by atoms with E-state index < -0.39 is 0 Å². The highest BCUT2D eigenvalue weighted by atomic mass is 35.5. The molecule has 1 saturated heterocycles. The van der Waals surface area contributed by atoms with Crippen molar-refractivity contribution in [1.82, 2.24) is 10.1 Å². The van der Waals surface area contributed by atoms with Gasteiger partial charge >= 0.3 is 11.8 Å². The molecule has 128 valence electrons. The van der Waals surface area contributed by atoms with Crippen molar-refractivity contribution in [2.24, 2.45) is 0 Å². The number of hydrogen-bond acceptors (Lipinski definition) is 4. The highest BCUT2D eigenvalue weighted by Gasteiger charge is 2.25. The number of nitrogens with zero attached hydrogens (tertiary/aromatic N) is 3. The van der Waals surface area contributed by atoms with Gasteiger partial charge < -0.3 is 30.1 Å². The van der Waals surface area contributed by atoms with Crippen molar-refractivity contribution in [2.45, 2.75) is 0 Å². The van der Waals surface area contributed by atoms with Crippen LogP contribution in [0.3, 0.4) is 0 Å². The molecule has 1 fully saturated rings. The maximum Gasteiger partial charge on any atom is 0.435 e. The van der Waals surface area contributed by atoms with Crippen LogP contribution in [0.5, 0.6) is 0 Å². The van der Waals surface area contributed by atoms with Gasteiger partial charge in [-0.25, -0.2) is 19.4 Å². The van der Waals surface area contributed by atoms with Crippen LogP contribution in [-0.2, 0) is 0 Å². The molecule has 2 aromatic heterocycles. The highest BCUT2D eigenvalue weighted by molar-refractivity contribution is 6.31. The number of hydrogen-bond donors (Lipinski definition) is 1. The molecule has 1 aromatic carbocycles. The first-order valence-corrected chi connectivity index (χ1v) is 7.70. The molecule has 0 bridgehead atoms. The Morgan fingerprint density at radius 1 is 1.12 bits per heavy atom. The molecule has 0 atom stereocenters. The second-order valence-electron chi connectivity index (χ2n) is 5.35. The summed E-state index contributed by atoms with van der Waals surface area (Å²) in [6, 6.07) is 10.2. The Bertz CT molecular complexity index is 820. The van der Waals surface area contributed by atoms with E-state index in [1.54, 1.807) is 0 Å². The summed E-state index contributed by atoms with van der Waals surface area (Å²) in [5.41, 5.74) is 1.64. The predicted octanol–water partition coefficient (Wildman–Crippen LogP) is -5.25. The van der Waals surface area contributed by atoms with Gasteiger partial charge in [-0.1, -0.05) is 17.7 Å². The average molecular weight is 389 g/mol. The zero-order valence-corrected chi connectivity index (χ0v) is 14.9. The normalized spacial score (nSPS) is 14.1. The molecule has 1 aliphatic rings. The van der Waals surface area contributed by atoms with Crippen LogP contribution in [0.15, 0.2) is 34.9 Å². The van der Waals surface area contributed by atoms with Gasteiger partial charge in [-0.05, 0) is 24.3 Å². The van der Waals surface area contributed by atoms with Crippen molar-refractivity contribution in [3.05, 3.63) is 35.4 Å². The van der Waals surface area contributed by atoms with Gasteiger partial charge in [-0.2, -0.15) is 0 Å². The number of piperazine rings is 1. The first-order valence-electron chi connectivity index (χ1n) is 7.32. The number of nitrogens with one attached hydrogen (secondary N) is 1. The van der Waals surface area contributed by atoms with Gasteiger partial charge in [0.15, 0.2) is 0 Å². The number of aromatic amines is 1. The summed E-state index contributed by atoms with van der Waals surface area (Å²) in [6.45, 7) is 4.04. The summed E-state index contributed by atoms with van der Waals surface area (Å²) in [6.07, 6.45) is 0. The predicted molar refractivity (Wildman–Crippen MR) is 82.7 cm³/mol. The molecule has 4 rings (SSSR count). The average Bonchev–Trinajstić information content (AvgIpc) is 3.05. The summed E-state index contributed by atoms with van der Waals surface area (Å²) >= 11 is 6.00. The fourth-order valence-electron chi connectivity index (χ4n) is 2.67. The number of halogens is 3. The molecule has 3 aromatic rings. The number of quaternary nitrogens is 1. The minimum absolute atomic E-state index is 0. The Kier molecular flexibility index (Phi) is 6.23. The summed E-state index contributed by atoms with van der Waals surface area (Å²) in [4.78, 5) is 9.99. The molecule has 6 nitrogen and oxygen atoms in total. The Morgan fingerprint density at radius 3 is 2.71 bits per heavy atom. The van der Waals surface area contributed by atoms with Crippen LogP contribution in [0.2, 0.25) is 5.02 Å². The maximum atomic E-state index is 6.00. The summed E-state index contributed by atoms with van der Waals surface area (Å²) in [5, 5.41) is 8.12. The fraction of sp³-hybridized carbons (Fsp3) is 0.267. The van der Waals surface area contributed by atoms with Crippen LogP contribution in [0, 0.1) is 0 Å². The molecule has 0 spiro atoms. The molecule has 3 N–H and O–H groups in total. The standard InChI is InChI=1S/C15H14ClN5O.2ClH/c16-11-2-4-12-10(9-11)1-3-13(18-12)14-19-15(22-20-14)21-7-5-17-6-8-21;;/h1-4,9,17H,5-8H2;2*1H. The van der Waals surface area contributed by atoms with Crippen molar-refractivity contribution in [1.29, 1.82) is 0 Å². The van der Waals surface area contributed by atoms with E-state index in [1.807, 2.05) is 30.3 Å². The molecular formula is C15H16Cl3N5O. The van der Waals surface area contributed by atoms with Crippen molar-refractivity contribution in [3.63, 3.8) is 0 Å². The second kappa shape index (κ2) is 7.98. The number of rotatable bonds is 2. The molecule has 0 amide bonds. The van der Waals surface area contributed by atoms with E-state index in [0.717, 1.165) is 42.8 Å². The van der Waals surface area contributed by atoms with E-state index in [0.29, 0.717) is 16.9 Å². The number of anilines is 1. The third-order valence-electron chi connectivity index (χ3n) is 3.84. The number of H-pyrrole nitrogens is 1. The largest absolute Gasteiger partial charge is 1.00 e. The molecule has 0 saturated carbocycles. The lowest BCUT2D eigenvalue weighted by molar-refractivity contribution is -0.656. The topological polar surface area (TPSA) is 72.9 Å². The molecule has 9 heteroatoms. The van der Waals surface area contributed by atoms with Gasteiger partial charge in [0.1, 0.15) is 31.9 Å². The molecule has 1 aliphatic heterocycles. The highest BCUT2D eigenvalue weighted by Crippen LogP contribution is 2.21. The SMILES string of the molecule is Clc1ccc2nc(-c3noc(N4CC[NH2+]CC4)[nH+]3)ccc2c1.[Cl-].[Cl-]. The van der Waals surface area contributed by atoms with Gasteiger partial charge in [0.25, 0.3) is 0 Å². The van der Waals surface area contributed by atoms with Gasteiger partial charge in [0.05, 0.1) is 10.7 Å².